The summed E-state index contributed by atoms with van der Waals surface area (Å²) in [7, 11) is 1.80. The molecule has 2 aromatic heterocycles. The first kappa shape index (κ1) is 20.2. The van der Waals surface area contributed by atoms with Gasteiger partial charge >= 0.3 is 0 Å². The zero-order chi connectivity index (χ0) is 20.6. The molecule has 3 aromatic rings. The van der Waals surface area contributed by atoms with Crippen LogP contribution in [-0.4, -0.2) is 47.6 Å². The molecular formula is C19H24FN5O2S. The van der Waals surface area contributed by atoms with Crippen LogP contribution in [0.5, 0.6) is 0 Å². The molecule has 150 valence electrons. The Balaban J connectivity index is 2.01. The highest BCUT2D eigenvalue weighted by Gasteiger charge is 2.19. The van der Waals surface area contributed by atoms with Crippen molar-refractivity contribution in [3.8, 4) is 0 Å². The summed E-state index contributed by atoms with van der Waals surface area (Å²) in [6.45, 7) is 2.06. The van der Waals surface area contributed by atoms with E-state index in [4.69, 9.17) is 0 Å². The van der Waals surface area contributed by atoms with E-state index in [1.807, 2.05) is 30.7 Å². The van der Waals surface area contributed by atoms with E-state index in [-0.39, 0.29) is 6.54 Å². The number of rotatable bonds is 6. The summed E-state index contributed by atoms with van der Waals surface area (Å²) >= 11 is 0. The molecule has 0 unspecified atom stereocenters. The lowest BCUT2D eigenvalue weighted by Gasteiger charge is -2.23. The van der Waals surface area contributed by atoms with Crippen molar-refractivity contribution in [2.45, 2.75) is 19.9 Å². The number of nitrogens with zero attached hydrogens (tertiary/aromatic N) is 5. The molecule has 0 aliphatic heterocycles. The van der Waals surface area contributed by atoms with Crippen LogP contribution >= 0.6 is 0 Å². The molecule has 3 rings (SSSR count). The van der Waals surface area contributed by atoms with Gasteiger partial charge in [0.1, 0.15) is 17.2 Å². The molecule has 0 spiro atoms. The third kappa shape index (κ3) is 3.85. The highest BCUT2D eigenvalue weighted by atomic mass is 32.2. The van der Waals surface area contributed by atoms with E-state index < -0.39 is 15.8 Å². The fourth-order valence-corrected chi connectivity index (χ4v) is 3.53. The Morgan fingerprint density at radius 3 is 2.54 bits per heavy atom. The molecule has 0 radical (unpaired) electrons. The maximum atomic E-state index is 15.1. The number of aryl methyl sites for hydroxylation is 2. The van der Waals surface area contributed by atoms with E-state index in [1.54, 1.807) is 24.5 Å². The van der Waals surface area contributed by atoms with E-state index in [1.165, 1.54) is 17.4 Å². The summed E-state index contributed by atoms with van der Waals surface area (Å²) < 4.78 is 41.5. The summed E-state index contributed by atoms with van der Waals surface area (Å²) in [5.41, 5.74) is 3.50. The Bertz CT molecular complexity index is 1130. The lowest BCUT2D eigenvalue weighted by atomic mass is 10.0. The van der Waals surface area contributed by atoms with Crippen molar-refractivity contribution in [1.29, 1.82) is 0 Å². The highest BCUT2D eigenvalue weighted by molar-refractivity contribution is 7.88. The Hall–Kier alpha value is -2.52. The predicted octanol–water partition coefficient (Wildman–Crippen LogP) is 2.83. The Kier molecular flexibility index (Phi) is 5.40. The monoisotopic (exact) mass is 405 g/mol. The van der Waals surface area contributed by atoms with Crippen LogP contribution in [0.3, 0.4) is 0 Å². The number of hydrogen-bond donors (Lipinski definition) is 0. The van der Waals surface area contributed by atoms with Gasteiger partial charge in [-0.1, -0.05) is 13.0 Å². The maximum absolute atomic E-state index is 15.1. The summed E-state index contributed by atoms with van der Waals surface area (Å²) in [6, 6.07) is 5.10. The normalized spacial score (nSPS) is 12.1. The number of halogens is 1. The van der Waals surface area contributed by atoms with Crippen molar-refractivity contribution in [3.63, 3.8) is 0 Å². The lowest BCUT2D eigenvalue weighted by Crippen LogP contribution is -2.25. The molecule has 0 atom stereocenters. The van der Waals surface area contributed by atoms with Crippen LogP contribution in [0, 0.1) is 5.82 Å². The number of imidazole rings is 1. The van der Waals surface area contributed by atoms with Crippen molar-refractivity contribution in [2.75, 3.05) is 25.3 Å². The second-order valence-corrected chi connectivity index (χ2v) is 8.99. The fourth-order valence-electron chi connectivity index (χ4n) is 3.15. The number of aromatic nitrogens is 3. The van der Waals surface area contributed by atoms with Gasteiger partial charge in [-0.2, -0.15) is 0 Å². The Morgan fingerprint density at radius 2 is 1.89 bits per heavy atom. The van der Waals surface area contributed by atoms with Crippen molar-refractivity contribution in [3.05, 3.63) is 47.7 Å². The first-order chi connectivity index (χ1) is 13.1. The maximum Gasteiger partial charge on any atom is 0.211 e. The van der Waals surface area contributed by atoms with Crippen LogP contribution in [0.4, 0.5) is 15.9 Å². The van der Waals surface area contributed by atoms with Gasteiger partial charge < -0.3 is 9.47 Å². The van der Waals surface area contributed by atoms with Crippen LogP contribution in [0.25, 0.3) is 11.0 Å². The zero-order valence-corrected chi connectivity index (χ0v) is 17.5. The van der Waals surface area contributed by atoms with Crippen molar-refractivity contribution < 1.29 is 12.8 Å². The smallest absolute Gasteiger partial charge is 0.211 e. The van der Waals surface area contributed by atoms with Crippen LogP contribution in [0.1, 0.15) is 18.1 Å². The van der Waals surface area contributed by atoms with E-state index in [2.05, 4.69) is 9.97 Å². The van der Waals surface area contributed by atoms with Gasteiger partial charge in [0.05, 0.1) is 30.0 Å². The van der Waals surface area contributed by atoms with Crippen LogP contribution in [0.2, 0.25) is 0 Å². The first-order valence-corrected chi connectivity index (χ1v) is 10.7. The molecule has 28 heavy (non-hydrogen) atoms. The summed E-state index contributed by atoms with van der Waals surface area (Å²) in [6.07, 6.45) is 5.11. The molecule has 7 nitrogen and oxygen atoms in total. The molecule has 2 heterocycles. The minimum Gasteiger partial charge on any atom is -0.334 e. The molecule has 0 bridgehead atoms. The molecule has 0 amide bonds. The summed E-state index contributed by atoms with van der Waals surface area (Å²) in [5, 5.41) is 0. The van der Waals surface area contributed by atoms with Crippen molar-refractivity contribution in [2.24, 2.45) is 7.05 Å². The average molecular weight is 405 g/mol. The number of anilines is 2. The predicted molar refractivity (Wildman–Crippen MR) is 109 cm³/mol. The lowest BCUT2D eigenvalue weighted by molar-refractivity contribution is 0.470. The molecule has 9 heteroatoms. The fraction of sp³-hybridized carbons (Fsp3) is 0.368. The number of fused-ring (bicyclic) bond motifs is 1. The molecular weight excluding hydrogens is 381 g/mol. The van der Waals surface area contributed by atoms with Gasteiger partial charge in [-0.15, -0.1) is 0 Å². The third-order valence-corrected chi connectivity index (χ3v) is 6.09. The molecule has 0 fully saturated rings. The van der Waals surface area contributed by atoms with Crippen LogP contribution in [-0.2, 0) is 30.0 Å². The quantitative estimate of drug-likeness (QED) is 0.631. The number of hydrogen-bond acceptors (Lipinski definition) is 5. The van der Waals surface area contributed by atoms with Gasteiger partial charge in [-0.25, -0.2) is 27.1 Å². The second kappa shape index (κ2) is 7.48. The largest absolute Gasteiger partial charge is 0.334 e. The standard InChI is InChI=1S/C19H24FN5O2S/c1-6-14-7-13(11-24(3)28(5,26)27)8-15(20)19(14)25(4)18-9-17-16(10-21-18)22-12-23(17)2/h7-10,12H,6,11H2,1-5H3. The van der Waals surface area contributed by atoms with E-state index in [9.17, 15) is 8.42 Å². The van der Waals surface area contributed by atoms with Crippen molar-refractivity contribution in [1.82, 2.24) is 18.8 Å². The van der Waals surface area contributed by atoms with Gasteiger partial charge in [0.25, 0.3) is 0 Å². The van der Waals surface area contributed by atoms with E-state index in [0.29, 0.717) is 23.5 Å². The van der Waals surface area contributed by atoms with Gasteiger partial charge in [0, 0.05) is 33.8 Å². The van der Waals surface area contributed by atoms with Gasteiger partial charge in [0.2, 0.25) is 10.0 Å². The highest BCUT2D eigenvalue weighted by Crippen LogP contribution is 2.32. The third-order valence-electron chi connectivity index (χ3n) is 4.83. The van der Waals surface area contributed by atoms with E-state index >= 15 is 4.39 Å². The number of benzene rings is 1. The molecule has 0 aliphatic carbocycles. The Morgan fingerprint density at radius 1 is 1.18 bits per heavy atom. The Labute approximate surface area is 164 Å². The molecule has 0 saturated carbocycles. The minimum absolute atomic E-state index is 0.117. The van der Waals surface area contributed by atoms with Gasteiger partial charge in [-0.3, -0.25) is 0 Å². The van der Waals surface area contributed by atoms with E-state index in [0.717, 1.165) is 22.9 Å². The number of sulfonamides is 1. The molecule has 0 saturated heterocycles. The molecule has 1 aromatic carbocycles. The average Bonchev–Trinajstić information content (AvgIpc) is 3.00. The topological polar surface area (TPSA) is 71.3 Å². The van der Waals surface area contributed by atoms with Crippen LogP contribution in [0.15, 0.2) is 30.7 Å². The van der Waals surface area contributed by atoms with Gasteiger partial charge in [-0.05, 0) is 23.6 Å². The first-order valence-electron chi connectivity index (χ1n) is 8.85. The summed E-state index contributed by atoms with van der Waals surface area (Å²) in [4.78, 5) is 10.4. The van der Waals surface area contributed by atoms with Gasteiger partial charge in [0.15, 0.2) is 0 Å². The second-order valence-electron chi connectivity index (χ2n) is 6.90. The van der Waals surface area contributed by atoms with Crippen molar-refractivity contribution >= 4 is 32.6 Å². The molecule has 0 aliphatic rings. The minimum atomic E-state index is -3.34. The summed E-state index contributed by atoms with van der Waals surface area (Å²) in [5.74, 6) is 0.191. The van der Waals surface area contributed by atoms with Crippen LogP contribution < -0.4 is 4.90 Å². The SMILES string of the molecule is CCc1cc(CN(C)S(C)(=O)=O)cc(F)c1N(C)c1cc2c(cn1)ncn2C. The number of pyridine rings is 1. The zero-order valence-electron chi connectivity index (χ0n) is 16.6. The molecule has 0 N–H and O–H groups in total.